The molecule has 0 fully saturated rings. The molecule has 2 N–H and O–H groups in total. The Morgan fingerprint density at radius 1 is 1.30 bits per heavy atom. The number of nitrogens with zero attached hydrogens (tertiary/aromatic N) is 1. The first kappa shape index (κ1) is 17.0. The molecular weight excluding hydrogens is 294 g/mol. The average Bonchev–Trinajstić information content (AvgIpc) is 2.95. The minimum absolute atomic E-state index is 0.0313. The number of amides is 1. The lowest BCUT2D eigenvalue weighted by Crippen LogP contribution is -2.17. The molecule has 0 atom stereocenters. The third-order valence-corrected chi connectivity index (χ3v) is 3.16. The van der Waals surface area contributed by atoms with Crippen LogP contribution in [0.3, 0.4) is 0 Å². The van der Waals surface area contributed by atoms with Crippen molar-refractivity contribution < 1.29 is 13.9 Å². The van der Waals surface area contributed by atoms with Gasteiger partial charge in [0, 0.05) is 23.9 Å². The summed E-state index contributed by atoms with van der Waals surface area (Å²) < 4.78 is 10.5. The summed E-state index contributed by atoms with van der Waals surface area (Å²) in [5.41, 5.74) is 1.52. The average molecular weight is 317 g/mol. The predicted octanol–water partition coefficient (Wildman–Crippen LogP) is 3.17. The van der Waals surface area contributed by atoms with E-state index in [2.05, 4.69) is 36.4 Å². The second-order valence-electron chi connectivity index (χ2n) is 6.28. The quantitative estimate of drug-likeness (QED) is 0.856. The lowest BCUT2D eigenvalue weighted by atomic mass is 9.94. The summed E-state index contributed by atoms with van der Waals surface area (Å²) >= 11 is 0. The number of ether oxygens (including phenoxy) is 1. The van der Waals surface area contributed by atoms with Gasteiger partial charge in [0.15, 0.2) is 0 Å². The van der Waals surface area contributed by atoms with Gasteiger partial charge in [-0.15, -0.1) is 0 Å². The van der Waals surface area contributed by atoms with Crippen molar-refractivity contribution in [3.05, 3.63) is 42.1 Å². The fraction of sp³-hybridized carbons (Fsp3) is 0.412. The molecule has 1 aromatic heterocycles. The second kappa shape index (κ2) is 7.28. The summed E-state index contributed by atoms with van der Waals surface area (Å²) in [5.74, 6) is 1.30. The molecule has 0 aliphatic rings. The molecule has 0 aliphatic carbocycles. The van der Waals surface area contributed by atoms with Crippen LogP contribution in [0.1, 0.15) is 32.4 Å². The highest BCUT2D eigenvalue weighted by Gasteiger charge is 2.18. The fourth-order valence-electron chi connectivity index (χ4n) is 1.95. The van der Waals surface area contributed by atoms with Crippen LogP contribution in [-0.2, 0) is 21.5 Å². The molecule has 0 saturated carbocycles. The number of carbonyl (C=O) groups is 1. The molecule has 1 aromatic carbocycles. The molecule has 2 rings (SSSR count). The summed E-state index contributed by atoms with van der Waals surface area (Å²) in [6.45, 7) is 6.75. The van der Waals surface area contributed by atoms with E-state index in [0.29, 0.717) is 18.1 Å². The number of oxazole rings is 1. The number of rotatable bonds is 6. The van der Waals surface area contributed by atoms with E-state index >= 15 is 0 Å². The highest BCUT2D eigenvalue weighted by atomic mass is 16.5. The zero-order valence-corrected chi connectivity index (χ0v) is 14.0. The van der Waals surface area contributed by atoms with Crippen LogP contribution < -0.4 is 10.6 Å². The van der Waals surface area contributed by atoms with E-state index in [1.165, 1.54) is 7.11 Å². The van der Waals surface area contributed by atoms with Crippen LogP contribution in [0.25, 0.3) is 0 Å². The molecule has 1 heterocycles. The van der Waals surface area contributed by atoms with Crippen molar-refractivity contribution in [2.45, 2.75) is 32.7 Å². The highest BCUT2D eigenvalue weighted by Crippen LogP contribution is 2.23. The number of anilines is 2. The summed E-state index contributed by atoms with van der Waals surface area (Å²) in [7, 11) is 1.49. The Balaban J connectivity index is 1.95. The Bertz CT molecular complexity index is 659. The van der Waals surface area contributed by atoms with Crippen LogP contribution >= 0.6 is 0 Å². The standard InChI is InChI=1S/C17H23N3O3/c1-17(2,3)14-9-19-16(23-14)10-18-12-6-5-7-13(8-12)20-15(21)11-22-4/h5-9,18H,10-11H2,1-4H3,(H,20,21). The smallest absolute Gasteiger partial charge is 0.250 e. The van der Waals surface area contributed by atoms with Crippen LogP contribution in [0.4, 0.5) is 11.4 Å². The molecule has 0 unspecified atom stereocenters. The molecule has 6 nitrogen and oxygen atoms in total. The summed E-state index contributed by atoms with van der Waals surface area (Å²) in [6, 6.07) is 7.45. The molecule has 1 amide bonds. The Kier molecular flexibility index (Phi) is 5.39. The first-order valence-corrected chi connectivity index (χ1v) is 7.46. The largest absolute Gasteiger partial charge is 0.443 e. The van der Waals surface area contributed by atoms with E-state index in [1.807, 2.05) is 24.3 Å². The van der Waals surface area contributed by atoms with Gasteiger partial charge in [0.1, 0.15) is 12.4 Å². The van der Waals surface area contributed by atoms with Crippen molar-refractivity contribution in [3.8, 4) is 0 Å². The van der Waals surface area contributed by atoms with Gasteiger partial charge in [0.2, 0.25) is 11.8 Å². The number of hydrogen-bond donors (Lipinski definition) is 2. The lowest BCUT2D eigenvalue weighted by molar-refractivity contribution is -0.119. The molecule has 0 bridgehead atoms. The minimum Gasteiger partial charge on any atom is -0.443 e. The Morgan fingerprint density at radius 3 is 2.70 bits per heavy atom. The van der Waals surface area contributed by atoms with Gasteiger partial charge in [-0.25, -0.2) is 4.98 Å². The van der Waals surface area contributed by atoms with Crippen molar-refractivity contribution in [3.63, 3.8) is 0 Å². The molecular formula is C17H23N3O3. The Hall–Kier alpha value is -2.34. The normalized spacial score (nSPS) is 11.3. The van der Waals surface area contributed by atoms with Crippen LogP contribution in [-0.4, -0.2) is 24.6 Å². The van der Waals surface area contributed by atoms with Gasteiger partial charge < -0.3 is 19.8 Å². The molecule has 124 valence electrons. The van der Waals surface area contributed by atoms with Gasteiger partial charge in [0.05, 0.1) is 12.7 Å². The number of nitrogens with one attached hydrogen (secondary N) is 2. The lowest BCUT2D eigenvalue weighted by Gasteiger charge is -2.13. The summed E-state index contributed by atoms with van der Waals surface area (Å²) in [4.78, 5) is 15.8. The minimum atomic E-state index is -0.188. The molecule has 0 spiro atoms. The van der Waals surface area contributed by atoms with Gasteiger partial charge in [-0.3, -0.25) is 4.79 Å². The van der Waals surface area contributed by atoms with Crippen molar-refractivity contribution in [1.82, 2.24) is 4.98 Å². The zero-order chi connectivity index (χ0) is 16.9. The Morgan fingerprint density at radius 2 is 2.04 bits per heavy atom. The van der Waals surface area contributed by atoms with Gasteiger partial charge in [0.25, 0.3) is 0 Å². The SMILES string of the molecule is COCC(=O)Nc1cccc(NCc2ncc(C(C)(C)C)o2)c1. The monoisotopic (exact) mass is 317 g/mol. The van der Waals surface area contributed by atoms with Crippen LogP contribution in [0, 0.1) is 0 Å². The summed E-state index contributed by atoms with van der Waals surface area (Å²) in [6.07, 6.45) is 1.76. The van der Waals surface area contributed by atoms with Crippen molar-refractivity contribution in [2.75, 3.05) is 24.4 Å². The van der Waals surface area contributed by atoms with E-state index < -0.39 is 0 Å². The van der Waals surface area contributed by atoms with Crippen molar-refractivity contribution in [2.24, 2.45) is 0 Å². The van der Waals surface area contributed by atoms with Crippen LogP contribution in [0.2, 0.25) is 0 Å². The van der Waals surface area contributed by atoms with Crippen LogP contribution in [0.15, 0.2) is 34.9 Å². The number of benzene rings is 1. The molecule has 0 radical (unpaired) electrons. The van der Waals surface area contributed by atoms with E-state index in [4.69, 9.17) is 9.15 Å². The maximum absolute atomic E-state index is 11.5. The van der Waals surface area contributed by atoms with Gasteiger partial charge in [-0.2, -0.15) is 0 Å². The second-order valence-corrected chi connectivity index (χ2v) is 6.28. The predicted molar refractivity (Wildman–Crippen MR) is 89.5 cm³/mol. The maximum Gasteiger partial charge on any atom is 0.250 e. The van der Waals surface area contributed by atoms with Crippen molar-refractivity contribution >= 4 is 17.3 Å². The molecule has 0 aliphatic heterocycles. The fourth-order valence-corrected chi connectivity index (χ4v) is 1.95. The first-order valence-electron chi connectivity index (χ1n) is 7.46. The van der Waals surface area contributed by atoms with Crippen LogP contribution in [0.5, 0.6) is 0 Å². The molecule has 0 saturated heterocycles. The van der Waals surface area contributed by atoms with E-state index in [1.54, 1.807) is 6.20 Å². The molecule has 6 heteroatoms. The zero-order valence-electron chi connectivity index (χ0n) is 14.0. The number of hydrogen-bond acceptors (Lipinski definition) is 5. The third-order valence-electron chi connectivity index (χ3n) is 3.16. The van der Waals surface area contributed by atoms with E-state index in [9.17, 15) is 4.79 Å². The number of carbonyl (C=O) groups excluding carboxylic acids is 1. The van der Waals surface area contributed by atoms with Gasteiger partial charge >= 0.3 is 0 Å². The van der Waals surface area contributed by atoms with E-state index in [-0.39, 0.29) is 17.9 Å². The first-order chi connectivity index (χ1) is 10.9. The van der Waals surface area contributed by atoms with Crippen molar-refractivity contribution in [1.29, 1.82) is 0 Å². The van der Waals surface area contributed by atoms with Gasteiger partial charge in [-0.05, 0) is 18.2 Å². The topological polar surface area (TPSA) is 76.4 Å². The third kappa shape index (κ3) is 5.10. The van der Waals surface area contributed by atoms with E-state index in [0.717, 1.165) is 11.4 Å². The molecule has 23 heavy (non-hydrogen) atoms. The van der Waals surface area contributed by atoms with Gasteiger partial charge in [-0.1, -0.05) is 26.8 Å². The number of aromatic nitrogens is 1. The Labute approximate surface area is 136 Å². The highest BCUT2D eigenvalue weighted by molar-refractivity contribution is 5.92. The summed E-state index contributed by atoms with van der Waals surface area (Å²) in [5, 5.41) is 5.99. The number of methoxy groups -OCH3 is 1. The maximum atomic E-state index is 11.5. The molecule has 2 aromatic rings.